The van der Waals surface area contributed by atoms with Crippen molar-refractivity contribution in [2.24, 2.45) is 0 Å². The predicted molar refractivity (Wildman–Crippen MR) is 50.6 cm³/mol. The van der Waals surface area contributed by atoms with Crippen molar-refractivity contribution in [3.63, 3.8) is 0 Å². The van der Waals surface area contributed by atoms with Crippen molar-refractivity contribution in [3.8, 4) is 11.1 Å². The van der Waals surface area contributed by atoms with Crippen LogP contribution < -0.4 is 0 Å². The summed E-state index contributed by atoms with van der Waals surface area (Å²) in [5, 5.41) is 0. The maximum absolute atomic E-state index is 12.9. The lowest BCUT2D eigenvalue weighted by molar-refractivity contribution is 0.584. The highest BCUT2D eigenvalue weighted by atomic mass is 19.1. The molecule has 0 unspecified atom stereocenters. The number of benzene rings is 2. The van der Waals surface area contributed by atoms with Crippen LogP contribution in [0.25, 0.3) is 11.1 Å². The largest absolute Gasteiger partial charge is 0.207 e. The van der Waals surface area contributed by atoms with Gasteiger partial charge in [0.05, 0.1) is 0 Å². The average Bonchev–Trinajstić information content (AvgIpc) is 2.16. The van der Waals surface area contributed by atoms with Gasteiger partial charge in [-0.05, 0) is 41.5 Å². The Labute approximate surface area is 85.0 Å². The molecule has 0 aliphatic carbocycles. The van der Waals surface area contributed by atoms with Gasteiger partial charge in [0.15, 0.2) is 0 Å². The molecular weight excluding hydrogens is 201 g/mol. The van der Waals surface area contributed by atoms with Gasteiger partial charge in [-0.3, -0.25) is 0 Å². The SMILES string of the molecule is Fc1cc[c]c(-c2cc(F)cc(F)c2)c1. The Bertz CT molecular complexity index is 472. The highest BCUT2D eigenvalue weighted by Gasteiger charge is 2.03. The smallest absolute Gasteiger partial charge is 0.126 e. The molecule has 0 amide bonds. The van der Waals surface area contributed by atoms with Crippen molar-refractivity contribution in [2.45, 2.75) is 0 Å². The average molecular weight is 207 g/mol. The molecule has 1 radical (unpaired) electrons. The van der Waals surface area contributed by atoms with E-state index in [0.717, 1.165) is 18.2 Å². The highest BCUT2D eigenvalue weighted by molar-refractivity contribution is 5.62. The second kappa shape index (κ2) is 3.77. The van der Waals surface area contributed by atoms with Gasteiger partial charge in [0.1, 0.15) is 17.5 Å². The van der Waals surface area contributed by atoms with Crippen molar-refractivity contribution in [2.75, 3.05) is 0 Å². The van der Waals surface area contributed by atoms with Crippen LogP contribution in [0.5, 0.6) is 0 Å². The fraction of sp³-hybridized carbons (Fsp3) is 0. The van der Waals surface area contributed by atoms with E-state index in [1.807, 2.05) is 0 Å². The Morgan fingerprint density at radius 2 is 1.47 bits per heavy atom. The topological polar surface area (TPSA) is 0 Å². The van der Waals surface area contributed by atoms with Crippen molar-refractivity contribution in [1.29, 1.82) is 0 Å². The predicted octanol–water partition coefficient (Wildman–Crippen LogP) is 3.57. The molecule has 0 fully saturated rings. The zero-order chi connectivity index (χ0) is 10.8. The van der Waals surface area contributed by atoms with Gasteiger partial charge in [-0.1, -0.05) is 6.07 Å². The minimum atomic E-state index is -0.692. The van der Waals surface area contributed by atoms with Crippen LogP contribution in [-0.2, 0) is 0 Å². The van der Waals surface area contributed by atoms with E-state index in [1.54, 1.807) is 0 Å². The monoisotopic (exact) mass is 207 g/mol. The van der Waals surface area contributed by atoms with Crippen molar-refractivity contribution >= 4 is 0 Å². The molecule has 0 aliphatic heterocycles. The molecular formula is C12H6F3. The molecule has 0 N–H and O–H groups in total. The number of hydrogen-bond donors (Lipinski definition) is 0. The number of rotatable bonds is 1. The van der Waals surface area contributed by atoms with Crippen LogP contribution in [0.15, 0.2) is 36.4 Å². The van der Waals surface area contributed by atoms with Gasteiger partial charge in [0.25, 0.3) is 0 Å². The summed E-state index contributed by atoms with van der Waals surface area (Å²) in [6.07, 6.45) is 0. The standard InChI is InChI=1S/C12H6F3/c13-10-3-1-2-8(4-10)9-5-11(14)7-12(15)6-9/h1,3-7H. The van der Waals surface area contributed by atoms with Crippen molar-refractivity contribution in [1.82, 2.24) is 0 Å². The molecule has 2 aromatic carbocycles. The lowest BCUT2D eigenvalue weighted by Crippen LogP contribution is -1.85. The van der Waals surface area contributed by atoms with Crippen LogP contribution in [0, 0.1) is 23.5 Å². The molecule has 0 bridgehead atoms. The van der Waals surface area contributed by atoms with Crippen LogP contribution in [0.4, 0.5) is 13.2 Å². The Morgan fingerprint density at radius 1 is 0.800 bits per heavy atom. The quantitative estimate of drug-likeness (QED) is 0.670. The summed E-state index contributed by atoms with van der Waals surface area (Å²) < 4.78 is 38.6. The summed E-state index contributed by atoms with van der Waals surface area (Å²) in [6.45, 7) is 0. The molecule has 75 valence electrons. The first-order valence-corrected chi connectivity index (χ1v) is 4.29. The Hall–Kier alpha value is -1.77. The summed E-state index contributed by atoms with van der Waals surface area (Å²) in [6, 6.07) is 9.50. The first kappa shape index (κ1) is 9.77. The third-order valence-corrected chi connectivity index (χ3v) is 1.94. The molecule has 0 nitrogen and oxygen atoms in total. The summed E-state index contributed by atoms with van der Waals surface area (Å²) in [7, 11) is 0. The van der Waals surface area contributed by atoms with Crippen LogP contribution in [-0.4, -0.2) is 0 Å². The second-order valence-corrected chi connectivity index (χ2v) is 3.08. The maximum Gasteiger partial charge on any atom is 0.126 e. The lowest BCUT2D eigenvalue weighted by Gasteiger charge is -2.01. The fourth-order valence-electron chi connectivity index (χ4n) is 1.31. The van der Waals surface area contributed by atoms with Gasteiger partial charge in [0.2, 0.25) is 0 Å². The minimum absolute atomic E-state index is 0.270. The molecule has 0 saturated carbocycles. The number of hydrogen-bond acceptors (Lipinski definition) is 0. The maximum atomic E-state index is 12.9. The van der Waals surface area contributed by atoms with Crippen LogP contribution >= 0.6 is 0 Å². The Morgan fingerprint density at radius 3 is 2.07 bits per heavy atom. The van der Waals surface area contributed by atoms with Gasteiger partial charge in [-0.25, -0.2) is 13.2 Å². The molecule has 2 aromatic rings. The van der Waals surface area contributed by atoms with Crippen LogP contribution in [0.3, 0.4) is 0 Å². The van der Waals surface area contributed by atoms with Crippen molar-refractivity contribution < 1.29 is 13.2 Å². The van der Waals surface area contributed by atoms with E-state index in [-0.39, 0.29) is 5.56 Å². The van der Waals surface area contributed by atoms with Gasteiger partial charge in [-0.15, -0.1) is 0 Å². The highest BCUT2D eigenvalue weighted by Crippen LogP contribution is 2.21. The fourth-order valence-corrected chi connectivity index (χ4v) is 1.31. The summed E-state index contributed by atoms with van der Waals surface area (Å²) in [4.78, 5) is 0. The molecule has 0 aromatic heterocycles. The lowest BCUT2D eigenvalue weighted by atomic mass is 10.1. The normalized spacial score (nSPS) is 10.3. The Kier molecular flexibility index (Phi) is 2.46. The van der Waals surface area contributed by atoms with E-state index >= 15 is 0 Å². The summed E-state index contributed by atoms with van der Waals surface area (Å²) in [5.74, 6) is -1.85. The van der Waals surface area contributed by atoms with Gasteiger partial charge >= 0.3 is 0 Å². The second-order valence-electron chi connectivity index (χ2n) is 3.08. The molecule has 0 aliphatic rings. The van der Waals surface area contributed by atoms with Gasteiger partial charge < -0.3 is 0 Å². The van der Waals surface area contributed by atoms with E-state index in [2.05, 4.69) is 6.07 Å². The van der Waals surface area contributed by atoms with Crippen molar-refractivity contribution in [3.05, 3.63) is 59.9 Å². The third kappa shape index (κ3) is 2.18. The third-order valence-electron chi connectivity index (χ3n) is 1.94. The summed E-state index contributed by atoms with van der Waals surface area (Å²) >= 11 is 0. The molecule has 3 heteroatoms. The first-order chi connectivity index (χ1) is 7.15. The van der Waals surface area contributed by atoms with Gasteiger partial charge in [-0.2, -0.15) is 0 Å². The van der Waals surface area contributed by atoms with E-state index in [9.17, 15) is 13.2 Å². The van der Waals surface area contributed by atoms with Crippen LogP contribution in [0.2, 0.25) is 0 Å². The minimum Gasteiger partial charge on any atom is -0.207 e. The van der Waals surface area contributed by atoms with E-state index in [4.69, 9.17) is 0 Å². The molecule has 0 heterocycles. The van der Waals surface area contributed by atoms with Gasteiger partial charge in [0, 0.05) is 6.07 Å². The zero-order valence-electron chi connectivity index (χ0n) is 7.60. The van der Waals surface area contributed by atoms with E-state index < -0.39 is 17.5 Å². The van der Waals surface area contributed by atoms with Crippen LogP contribution in [0.1, 0.15) is 0 Å². The molecule has 0 atom stereocenters. The summed E-state index contributed by atoms with van der Waals surface area (Å²) in [5.41, 5.74) is 0.598. The van der Waals surface area contributed by atoms with E-state index in [0.29, 0.717) is 5.56 Å². The molecule has 2 rings (SSSR count). The number of halogens is 3. The molecule has 15 heavy (non-hydrogen) atoms. The first-order valence-electron chi connectivity index (χ1n) is 4.29. The van der Waals surface area contributed by atoms with E-state index in [1.165, 1.54) is 18.2 Å². The Balaban J connectivity index is 2.54. The zero-order valence-corrected chi connectivity index (χ0v) is 7.60. The molecule has 0 saturated heterocycles. The molecule has 0 spiro atoms.